The van der Waals surface area contributed by atoms with Gasteiger partial charge in [-0.2, -0.15) is 0 Å². The van der Waals surface area contributed by atoms with Crippen molar-refractivity contribution in [1.82, 2.24) is 5.32 Å². The van der Waals surface area contributed by atoms with Gasteiger partial charge in [-0.3, -0.25) is 4.79 Å². The number of hydrogen-bond donors (Lipinski definition) is 1. The van der Waals surface area contributed by atoms with E-state index in [9.17, 15) is 4.79 Å². The molecule has 1 N–H and O–H groups in total. The van der Waals surface area contributed by atoms with Crippen molar-refractivity contribution in [1.29, 1.82) is 0 Å². The number of benzene rings is 1. The lowest BCUT2D eigenvalue weighted by Gasteiger charge is -2.29. The third kappa shape index (κ3) is 3.06. The van der Waals surface area contributed by atoms with Crippen LogP contribution in [-0.4, -0.2) is 11.2 Å². The van der Waals surface area contributed by atoms with E-state index in [4.69, 9.17) is 0 Å². The molecule has 1 atom stereocenters. The molecular formula is C12H16BrNO. The maximum Gasteiger partial charge on any atom is 0.220 e. The van der Waals surface area contributed by atoms with Crippen LogP contribution >= 0.6 is 15.9 Å². The summed E-state index contributed by atoms with van der Waals surface area (Å²) in [4.78, 5) is 11.4. The van der Waals surface area contributed by atoms with Crippen molar-refractivity contribution in [3.8, 4) is 0 Å². The Kier molecular flexibility index (Phi) is 4.33. The molecule has 1 amide bonds. The summed E-state index contributed by atoms with van der Waals surface area (Å²) < 4.78 is 0. The van der Waals surface area contributed by atoms with E-state index in [1.807, 2.05) is 44.2 Å². The minimum atomic E-state index is -0.325. The van der Waals surface area contributed by atoms with Gasteiger partial charge < -0.3 is 5.32 Å². The molecule has 0 aliphatic rings. The topological polar surface area (TPSA) is 29.1 Å². The van der Waals surface area contributed by atoms with Gasteiger partial charge in [-0.1, -0.05) is 53.2 Å². The van der Waals surface area contributed by atoms with Crippen LogP contribution in [0.2, 0.25) is 0 Å². The first-order valence-electron chi connectivity index (χ1n) is 5.05. The summed E-state index contributed by atoms with van der Waals surface area (Å²) >= 11 is 3.45. The zero-order chi connectivity index (χ0) is 11.3. The van der Waals surface area contributed by atoms with E-state index in [2.05, 4.69) is 21.2 Å². The van der Waals surface area contributed by atoms with Gasteiger partial charge in [0, 0.05) is 11.8 Å². The van der Waals surface area contributed by atoms with Crippen LogP contribution in [0.25, 0.3) is 0 Å². The Balaban J connectivity index is 2.90. The molecule has 1 aromatic carbocycles. The van der Waals surface area contributed by atoms with Gasteiger partial charge in [0.25, 0.3) is 0 Å². The Morgan fingerprint density at radius 2 is 2.00 bits per heavy atom. The SMILES string of the molecule is CCC(=O)NC(C)(CBr)c1ccccc1. The molecule has 15 heavy (non-hydrogen) atoms. The maximum atomic E-state index is 11.4. The minimum absolute atomic E-state index is 0.0702. The average molecular weight is 270 g/mol. The zero-order valence-corrected chi connectivity index (χ0v) is 10.7. The second-order valence-corrected chi connectivity index (χ2v) is 4.29. The first kappa shape index (κ1) is 12.2. The Hall–Kier alpha value is -0.830. The Labute approximate surface area is 99.2 Å². The van der Waals surface area contributed by atoms with Crippen molar-refractivity contribution >= 4 is 21.8 Å². The number of alkyl halides is 1. The summed E-state index contributed by atoms with van der Waals surface area (Å²) in [6, 6.07) is 9.98. The number of amides is 1. The quantitative estimate of drug-likeness (QED) is 0.837. The molecule has 0 aliphatic carbocycles. The number of rotatable bonds is 4. The van der Waals surface area contributed by atoms with E-state index >= 15 is 0 Å². The molecule has 2 nitrogen and oxygen atoms in total. The summed E-state index contributed by atoms with van der Waals surface area (Å²) in [5, 5.41) is 3.73. The van der Waals surface area contributed by atoms with Gasteiger partial charge in [0.1, 0.15) is 0 Å². The Morgan fingerprint density at radius 3 is 2.47 bits per heavy atom. The molecule has 0 radical (unpaired) electrons. The average Bonchev–Trinajstić information content (AvgIpc) is 2.30. The van der Waals surface area contributed by atoms with Crippen LogP contribution in [0.3, 0.4) is 0 Å². The van der Waals surface area contributed by atoms with Crippen LogP contribution in [0.1, 0.15) is 25.8 Å². The van der Waals surface area contributed by atoms with Gasteiger partial charge in [0.15, 0.2) is 0 Å². The fourth-order valence-electron chi connectivity index (χ4n) is 1.38. The Bertz CT molecular complexity index is 326. The molecule has 0 heterocycles. The Morgan fingerprint density at radius 1 is 1.40 bits per heavy atom. The van der Waals surface area contributed by atoms with Gasteiger partial charge in [-0.25, -0.2) is 0 Å². The molecular weight excluding hydrogens is 254 g/mol. The van der Waals surface area contributed by atoms with Crippen LogP contribution in [0.5, 0.6) is 0 Å². The molecule has 1 aromatic rings. The number of carbonyl (C=O) groups is 1. The maximum absolute atomic E-state index is 11.4. The van der Waals surface area contributed by atoms with Crippen LogP contribution in [-0.2, 0) is 10.3 Å². The van der Waals surface area contributed by atoms with Gasteiger partial charge in [0.05, 0.1) is 5.54 Å². The molecule has 0 fully saturated rings. The van der Waals surface area contributed by atoms with Crippen molar-refractivity contribution in [2.75, 3.05) is 5.33 Å². The fourth-order valence-corrected chi connectivity index (χ4v) is 1.85. The molecule has 0 saturated heterocycles. The van der Waals surface area contributed by atoms with Crippen molar-refractivity contribution in [2.24, 2.45) is 0 Å². The van der Waals surface area contributed by atoms with Crippen LogP contribution < -0.4 is 5.32 Å². The van der Waals surface area contributed by atoms with E-state index in [-0.39, 0.29) is 11.4 Å². The molecule has 0 bridgehead atoms. The highest BCUT2D eigenvalue weighted by molar-refractivity contribution is 9.09. The van der Waals surface area contributed by atoms with Crippen molar-refractivity contribution < 1.29 is 4.79 Å². The second-order valence-electron chi connectivity index (χ2n) is 3.73. The molecule has 0 saturated carbocycles. The number of hydrogen-bond acceptors (Lipinski definition) is 1. The monoisotopic (exact) mass is 269 g/mol. The molecule has 1 rings (SSSR count). The predicted octanol–water partition coefficient (Wildman–Crippen LogP) is 2.82. The highest BCUT2D eigenvalue weighted by atomic mass is 79.9. The summed E-state index contributed by atoms with van der Waals surface area (Å²) in [6.07, 6.45) is 0.509. The summed E-state index contributed by atoms with van der Waals surface area (Å²) in [6.45, 7) is 3.87. The van der Waals surface area contributed by atoms with Crippen molar-refractivity contribution in [3.05, 3.63) is 35.9 Å². The largest absolute Gasteiger partial charge is 0.346 e. The molecule has 1 unspecified atom stereocenters. The molecule has 0 spiro atoms. The normalized spacial score (nSPS) is 14.3. The van der Waals surface area contributed by atoms with E-state index in [1.165, 1.54) is 0 Å². The second kappa shape index (κ2) is 5.31. The van der Waals surface area contributed by atoms with Crippen LogP contribution in [0, 0.1) is 0 Å². The van der Waals surface area contributed by atoms with Gasteiger partial charge in [0.2, 0.25) is 5.91 Å². The lowest BCUT2D eigenvalue weighted by Crippen LogP contribution is -2.44. The highest BCUT2D eigenvalue weighted by Gasteiger charge is 2.26. The van der Waals surface area contributed by atoms with Gasteiger partial charge >= 0.3 is 0 Å². The third-order valence-electron chi connectivity index (χ3n) is 2.41. The zero-order valence-electron chi connectivity index (χ0n) is 9.09. The van der Waals surface area contributed by atoms with E-state index in [0.717, 1.165) is 5.56 Å². The lowest BCUT2D eigenvalue weighted by molar-refractivity contribution is -0.122. The van der Waals surface area contributed by atoms with Crippen LogP contribution in [0.4, 0.5) is 0 Å². The standard InChI is InChI=1S/C12H16BrNO/c1-3-11(15)14-12(2,9-13)10-7-5-4-6-8-10/h4-8H,3,9H2,1-2H3,(H,14,15). The van der Waals surface area contributed by atoms with Crippen molar-refractivity contribution in [2.45, 2.75) is 25.8 Å². The predicted molar refractivity (Wildman–Crippen MR) is 66.0 cm³/mol. The first-order valence-corrected chi connectivity index (χ1v) is 6.17. The smallest absolute Gasteiger partial charge is 0.220 e. The van der Waals surface area contributed by atoms with Gasteiger partial charge in [-0.05, 0) is 12.5 Å². The van der Waals surface area contributed by atoms with E-state index in [0.29, 0.717) is 11.8 Å². The third-order valence-corrected chi connectivity index (χ3v) is 3.54. The number of carbonyl (C=O) groups excluding carboxylic acids is 1. The lowest BCUT2D eigenvalue weighted by atomic mass is 9.94. The van der Waals surface area contributed by atoms with Gasteiger partial charge in [-0.15, -0.1) is 0 Å². The summed E-state index contributed by atoms with van der Waals surface area (Å²) in [7, 11) is 0. The summed E-state index contributed by atoms with van der Waals surface area (Å²) in [5.74, 6) is 0.0702. The van der Waals surface area contributed by atoms with Crippen molar-refractivity contribution in [3.63, 3.8) is 0 Å². The number of halogens is 1. The fraction of sp³-hybridized carbons (Fsp3) is 0.417. The first-order chi connectivity index (χ1) is 7.12. The molecule has 0 aliphatic heterocycles. The van der Waals surface area contributed by atoms with E-state index < -0.39 is 0 Å². The van der Waals surface area contributed by atoms with Crippen LogP contribution in [0.15, 0.2) is 30.3 Å². The highest BCUT2D eigenvalue weighted by Crippen LogP contribution is 2.22. The van der Waals surface area contributed by atoms with E-state index in [1.54, 1.807) is 0 Å². The number of nitrogens with one attached hydrogen (secondary N) is 1. The molecule has 82 valence electrons. The summed E-state index contributed by atoms with van der Waals surface area (Å²) in [5.41, 5.74) is 0.789. The molecule has 3 heteroatoms. The minimum Gasteiger partial charge on any atom is -0.346 e. The molecule has 0 aromatic heterocycles.